The molecule has 7 heteroatoms. The third-order valence-electron chi connectivity index (χ3n) is 4.92. The molecule has 1 heterocycles. The summed E-state index contributed by atoms with van der Waals surface area (Å²) in [4.78, 5) is 29.2. The van der Waals surface area contributed by atoms with Crippen molar-refractivity contribution < 1.29 is 19.1 Å². The molecule has 166 valence electrons. The summed E-state index contributed by atoms with van der Waals surface area (Å²) in [6, 6.07) is 3.97. The lowest BCUT2D eigenvalue weighted by Gasteiger charge is -2.28. The van der Waals surface area contributed by atoms with E-state index in [0.717, 1.165) is 31.4 Å². The minimum Gasteiger partial charge on any atom is -0.383 e. The van der Waals surface area contributed by atoms with E-state index in [4.69, 9.17) is 9.47 Å². The molecule has 2 amide bonds. The SMILES string of the molecule is CCCCCC(=O)N(CCCOCC)CC(=O)N(CCOC)Cc1cccn1C. The van der Waals surface area contributed by atoms with Gasteiger partial charge >= 0.3 is 0 Å². The maximum absolute atomic E-state index is 13.1. The first-order valence-electron chi connectivity index (χ1n) is 10.8. The number of hydrogen-bond donors (Lipinski definition) is 0. The smallest absolute Gasteiger partial charge is 0.242 e. The van der Waals surface area contributed by atoms with Crippen LogP contribution in [0, 0.1) is 0 Å². The molecule has 1 aromatic heterocycles. The molecule has 0 aromatic carbocycles. The van der Waals surface area contributed by atoms with Gasteiger partial charge in [0.15, 0.2) is 0 Å². The molecule has 0 aliphatic carbocycles. The van der Waals surface area contributed by atoms with Crippen molar-refractivity contribution in [1.82, 2.24) is 14.4 Å². The molecule has 0 saturated heterocycles. The lowest BCUT2D eigenvalue weighted by atomic mass is 10.2. The van der Waals surface area contributed by atoms with Crippen LogP contribution in [-0.2, 0) is 32.7 Å². The summed E-state index contributed by atoms with van der Waals surface area (Å²) in [5.74, 6) is -0.00245. The first kappa shape index (κ1) is 25.2. The highest BCUT2D eigenvalue weighted by molar-refractivity contribution is 5.84. The van der Waals surface area contributed by atoms with Gasteiger partial charge in [-0.15, -0.1) is 0 Å². The number of methoxy groups -OCH3 is 1. The Bertz CT molecular complexity index is 588. The maximum Gasteiger partial charge on any atom is 0.242 e. The van der Waals surface area contributed by atoms with Gasteiger partial charge in [0.1, 0.15) is 0 Å². The van der Waals surface area contributed by atoms with E-state index >= 15 is 0 Å². The van der Waals surface area contributed by atoms with Crippen molar-refractivity contribution in [2.75, 3.05) is 46.6 Å². The molecule has 0 aliphatic rings. The summed E-state index contributed by atoms with van der Waals surface area (Å²) in [6.45, 7) is 7.43. The average molecular weight is 410 g/mol. The number of rotatable bonds is 16. The fourth-order valence-corrected chi connectivity index (χ4v) is 3.09. The summed E-state index contributed by atoms with van der Waals surface area (Å²) in [5.41, 5.74) is 1.05. The Kier molecular flexibility index (Phi) is 13.1. The Labute approximate surface area is 175 Å². The summed E-state index contributed by atoms with van der Waals surface area (Å²) < 4.78 is 12.6. The summed E-state index contributed by atoms with van der Waals surface area (Å²) >= 11 is 0. The molecular formula is C22H39N3O4. The first-order valence-corrected chi connectivity index (χ1v) is 10.8. The number of unbranched alkanes of at least 4 members (excludes halogenated alkanes) is 2. The Morgan fingerprint density at radius 3 is 2.45 bits per heavy atom. The van der Waals surface area contributed by atoms with Gasteiger partial charge in [0.05, 0.1) is 19.7 Å². The number of aromatic nitrogens is 1. The monoisotopic (exact) mass is 409 g/mol. The first-order chi connectivity index (χ1) is 14.0. The molecule has 29 heavy (non-hydrogen) atoms. The van der Waals surface area contributed by atoms with Gasteiger partial charge in [-0.25, -0.2) is 0 Å². The largest absolute Gasteiger partial charge is 0.383 e. The predicted octanol–water partition coefficient (Wildman–Crippen LogP) is 2.84. The molecule has 1 aromatic rings. The Balaban J connectivity index is 2.76. The van der Waals surface area contributed by atoms with E-state index in [-0.39, 0.29) is 18.4 Å². The minimum absolute atomic E-state index is 0.0499. The van der Waals surface area contributed by atoms with E-state index in [2.05, 4.69) is 6.92 Å². The molecule has 0 unspecified atom stereocenters. The van der Waals surface area contributed by atoms with Crippen LogP contribution in [0.5, 0.6) is 0 Å². The zero-order valence-corrected chi connectivity index (χ0v) is 18.7. The van der Waals surface area contributed by atoms with Gasteiger partial charge in [-0.05, 0) is 31.9 Å². The van der Waals surface area contributed by atoms with Crippen LogP contribution in [0.15, 0.2) is 18.3 Å². The van der Waals surface area contributed by atoms with Crippen LogP contribution in [-0.4, -0.2) is 72.7 Å². The quantitative estimate of drug-likeness (QED) is 0.394. The van der Waals surface area contributed by atoms with Crippen molar-refractivity contribution in [3.8, 4) is 0 Å². The Morgan fingerprint density at radius 1 is 1.03 bits per heavy atom. The normalized spacial score (nSPS) is 10.9. The van der Waals surface area contributed by atoms with Crippen LogP contribution >= 0.6 is 0 Å². The van der Waals surface area contributed by atoms with Crippen LogP contribution in [0.25, 0.3) is 0 Å². The van der Waals surface area contributed by atoms with Crippen LogP contribution < -0.4 is 0 Å². The Morgan fingerprint density at radius 2 is 1.83 bits per heavy atom. The second-order valence-corrected chi connectivity index (χ2v) is 7.24. The second kappa shape index (κ2) is 15.0. The summed E-state index contributed by atoms with van der Waals surface area (Å²) in [7, 11) is 3.59. The van der Waals surface area contributed by atoms with Gasteiger partial charge in [0.25, 0.3) is 0 Å². The molecule has 0 bridgehead atoms. The number of carbonyl (C=O) groups is 2. The van der Waals surface area contributed by atoms with Crippen molar-refractivity contribution in [1.29, 1.82) is 0 Å². The number of ether oxygens (including phenoxy) is 2. The molecular weight excluding hydrogens is 370 g/mol. The maximum atomic E-state index is 13.1. The zero-order valence-electron chi connectivity index (χ0n) is 18.7. The van der Waals surface area contributed by atoms with Crippen LogP contribution in [0.1, 0.15) is 51.6 Å². The minimum atomic E-state index is -0.0523. The zero-order chi connectivity index (χ0) is 21.5. The molecule has 0 saturated carbocycles. The highest BCUT2D eigenvalue weighted by Gasteiger charge is 2.21. The summed E-state index contributed by atoms with van der Waals surface area (Å²) in [5, 5.41) is 0. The molecule has 0 fully saturated rings. The second-order valence-electron chi connectivity index (χ2n) is 7.24. The predicted molar refractivity (Wildman–Crippen MR) is 115 cm³/mol. The number of amides is 2. The molecule has 0 N–H and O–H groups in total. The third-order valence-corrected chi connectivity index (χ3v) is 4.92. The van der Waals surface area contributed by atoms with E-state index < -0.39 is 0 Å². The van der Waals surface area contributed by atoms with Gasteiger partial charge < -0.3 is 23.8 Å². The van der Waals surface area contributed by atoms with E-state index in [1.54, 1.807) is 16.9 Å². The highest BCUT2D eigenvalue weighted by Crippen LogP contribution is 2.09. The highest BCUT2D eigenvalue weighted by atomic mass is 16.5. The lowest BCUT2D eigenvalue weighted by molar-refractivity contribution is -0.141. The van der Waals surface area contributed by atoms with Gasteiger partial charge in [0, 0.05) is 58.8 Å². The lowest BCUT2D eigenvalue weighted by Crippen LogP contribution is -2.44. The fourth-order valence-electron chi connectivity index (χ4n) is 3.09. The standard InChI is InChI=1S/C22H39N3O4/c1-5-7-8-12-21(26)24(14-10-16-29-6-2)19-22(27)25(15-17-28-4)18-20-11-9-13-23(20)3/h9,11,13H,5-8,10,12,14-19H2,1-4H3. The fraction of sp³-hybridized carbons (Fsp3) is 0.727. The van der Waals surface area contributed by atoms with Crippen LogP contribution in [0.4, 0.5) is 0 Å². The van der Waals surface area contributed by atoms with Crippen molar-refractivity contribution >= 4 is 11.8 Å². The van der Waals surface area contributed by atoms with Crippen LogP contribution in [0.2, 0.25) is 0 Å². The number of aryl methyl sites for hydroxylation is 1. The van der Waals surface area contributed by atoms with Crippen molar-refractivity contribution in [2.24, 2.45) is 7.05 Å². The molecule has 0 atom stereocenters. The molecule has 0 spiro atoms. The van der Waals surface area contributed by atoms with Gasteiger partial charge in [-0.2, -0.15) is 0 Å². The van der Waals surface area contributed by atoms with Gasteiger partial charge in [-0.3, -0.25) is 9.59 Å². The van der Waals surface area contributed by atoms with Crippen molar-refractivity contribution in [2.45, 2.75) is 52.5 Å². The molecule has 7 nitrogen and oxygen atoms in total. The summed E-state index contributed by atoms with van der Waals surface area (Å²) in [6.07, 6.45) is 6.15. The number of hydrogen-bond acceptors (Lipinski definition) is 4. The van der Waals surface area contributed by atoms with E-state index in [1.807, 2.05) is 36.9 Å². The van der Waals surface area contributed by atoms with Crippen molar-refractivity contribution in [3.05, 3.63) is 24.0 Å². The van der Waals surface area contributed by atoms with E-state index in [9.17, 15) is 9.59 Å². The Hall–Kier alpha value is -1.86. The van der Waals surface area contributed by atoms with E-state index in [1.165, 1.54) is 0 Å². The van der Waals surface area contributed by atoms with Crippen LogP contribution in [0.3, 0.4) is 0 Å². The molecule has 0 radical (unpaired) electrons. The average Bonchev–Trinajstić information content (AvgIpc) is 3.11. The van der Waals surface area contributed by atoms with Gasteiger partial charge in [0.2, 0.25) is 11.8 Å². The molecule has 0 aliphatic heterocycles. The molecule has 1 rings (SSSR count). The van der Waals surface area contributed by atoms with Crippen molar-refractivity contribution in [3.63, 3.8) is 0 Å². The van der Waals surface area contributed by atoms with Gasteiger partial charge in [-0.1, -0.05) is 19.8 Å². The topological polar surface area (TPSA) is 64.0 Å². The number of carbonyl (C=O) groups excluding carboxylic acids is 2. The van der Waals surface area contributed by atoms with E-state index in [0.29, 0.717) is 45.9 Å². The third kappa shape index (κ3) is 9.94. The number of nitrogens with zero attached hydrogens (tertiary/aromatic N) is 3.